The van der Waals surface area contributed by atoms with Gasteiger partial charge < -0.3 is 15.2 Å². The summed E-state index contributed by atoms with van der Waals surface area (Å²) in [5, 5.41) is 20.7. The molecule has 2 N–H and O–H groups in total. The van der Waals surface area contributed by atoms with Gasteiger partial charge in [-0.1, -0.05) is 30.3 Å². The van der Waals surface area contributed by atoms with Crippen molar-refractivity contribution >= 4 is 11.9 Å². The highest BCUT2D eigenvalue weighted by Gasteiger charge is 2.23. The van der Waals surface area contributed by atoms with Crippen molar-refractivity contribution in [2.75, 3.05) is 7.11 Å². The van der Waals surface area contributed by atoms with E-state index in [2.05, 4.69) is 10.3 Å². The second-order valence-corrected chi connectivity index (χ2v) is 6.58. The second kappa shape index (κ2) is 9.50. The lowest BCUT2D eigenvalue weighted by Crippen LogP contribution is -2.31. The first-order valence-electron chi connectivity index (χ1n) is 9.25. The van der Waals surface area contributed by atoms with Crippen LogP contribution in [-0.2, 0) is 4.79 Å². The van der Waals surface area contributed by atoms with Gasteiger partial charge in [-0.15, -0.1) is 0 Å². The number of benzene rings is 2. The van der Waals surface area contributed by atoms with Gasteiger partial charge in [0.2, 0.25) is 0 Å². The van der Waals surface area contributed by atoms with Gasteiger partial charge in [-0.05, 0) is 30.3 Å². The number of carbonyl (C=O) groups excluding carboxylic acids is 1. The third kappa shape index (κ3) is 5.03. The molecule has 0 bridgehead atoms. The van der Waals surface area contributed by atoms with E-state index in [0.29, 0.717) is 22.6 Å². The first kappa shape index (κ1) is 21.5. The Bertz CT molecular complexity index is 1160. The maximum atomic E-state index is 14.2. The third-order valence-electron chi connectivity index (χ3n) is 4.56. The van der Waals surface area contributed by atoms with Crippen molar-refractivity contribution in [2.45, 2.75) is 12.5 Å². The predicted molar refractivity (Wildman–Crippen MR) is 110 cm³/mol. The summed E-state index contributed by atoms with van der Waals surface area (Å²) in [7, 11) is 1.46. The molecule has 7 nitrogen and oxygen atoms in total. The Morgan fingerprint density at radius 3 is 2.48 bits per heavy atom. The molecule has 0 saturated carbocycles. The number of carboxylic acids is 1. The van der Waals surface area contributed by atoms with E-state index in [9.17, 15) is 19.1 Å². The summed E-state index contributed by atoms with van der Waals surface area (Å²) in [6.45, 7) is 0. The molecule has 0 saturated heterocycles. The number of ether oxygens (including phenoxy) is 1. The minimum absolute atomic E-state index is 0.00638. The summed E-state index contributed by atoms with van der Waals surface area (Å²) < 4.78 is 19.5. The Morgan fingerprint density at radius 2 is 1.87 bits per heavy atom. The molecule has 31 heavy (non-hydrogen) atoms. The van der Waals surface area contributed by atoms with E-state index < -0.39 is 30.2 Å². The molecule has 0 aliphatic heterocycles. The number of amides is 1. The first-order valence-corrected chi connectivity index (χ1v) is 9.25. The Balaban J connectivity index is 1.93. The van der Waals surface area contributed by atoms with E-state index in [1.807, 2.05) is 6.07 Å². The fourth-order valence-corrected chi connectivity index (χ4v) is 3.05. The van der Waals surface area contributed by atoms with Crippen LogP contribution in [0.1, 0.15) is 34.1 Å². The highest BCUT2D eigenvalue weighted by Crippen LogP contribution is 2.29. The van der Waals surface area contributed by atoms with Crippen molar-refractivity contribution in [3.8, 4) is 23.1 Å². The molecule has 8 heteroatoms. The molecule has 156 valence electrons. The molecular formula is C23H18FN3O4. The molecule has 1 aromatic heterocycles. The summed E-state index contributed by atoms with van der Waals surface area (Å²) in [5.74, 6) is -2.05. The van der Waals surface area contributed by atoms with E-state index in [4.69, 9.17) is 10.00 Å². The Kier molecular flexibility index (Phi) is 6.58. The lowest BCUT2D eigenvalue weighted by molar-refractivity contribution is -0.137. The zero-order chi connectivity index (χ0) is 22.4. The van der Waals surface area contributed by atoms with Crippen LogP contribution in [0.3, 0.4) is 0 Å². The number of rotatable bonds is 7. The number of halogens is 1. The van der Waals surface area contributed by atoms with Gasteiger partial charge in [-0.2, -0.15) is 5.26 Å². The number of aromatic nitrogens is 1. The molecule has 1 unspecified atom stereocenters. The number of nitrogens with zero attached hydrogens (tertiary/aromatic N) is 2. The fourth-order valence-electron chi connectivity index (χ4n) is 3.05. The normalized spacial score (nSPS) is 11.3. The van der Waals surface area contributed by atoms with Crippen LogP contribution < -0.4 is 10.1 Å². The Labute approximate surface area is 177 Å². The van der Waals surface area contributed by atoms with Crippen molar-refractivity contribution in [3.63, 3.8) is 0 Å². The predicted octanol–water partition coefficient (Wildman–Crippen LogP) is 3.71. The molecule has 1 amide bonds. The second-order valence-electron chi connectivity index (χ2n) is 6.58. The number of carboxylic acid groups (broad SMARTS) is 1. The lowest BCUT2D eigenvalue weighted by atomic mass is 10.0. The van der Waals surface area contributed by atoms with Crippen molar-refractivity contribution in [3.05, 3.63) is 83.3 Å². The average molecular weight is 419 g/mol. The summed E-state index contributed by atoms with van der Waals surface area (Å²) >= 11 is 0. The van der Waals surface area contributed by atoms with Crippen LogP contribution in [0.2, 0.25) is 0 Å². The molecular weight excluding hydrogens is 401 g/mol. The maximum Gasteiger partial charge on any atom is 0.305 e. The van der Waals surface area contributed by atoms with Gasteiger partial charge in [0.05, 0.1) is 31.2 Å². The monoisotopic (exact) mass is 419 g/mol. The van der Waals surface area contributed by atoms with Gasteiger partial charge in [-0.3, -0.25) is 9.59 Å². The van der Waals surface area contributed by atoms with Crippen molar-refractivity contribution in [1.82, 2.24) is 10.3 Å². The van der Waals surface area contributed by atoms with Crippen molar-refractivity contribution < 1.29 is 23.8 Å². The van der Waals surface area contributed by atoms with Gasteiger partial charge >= 0.3 is 5.97 Å². The zero-order valence-corrected chi connectivity index (χ0v) is 16.5. The first-order chi connectivity index (χ1) is 14.9. The fraction of sp³-hybridized carbons (Fsp3) is 0.130. The van der Waals surface area contributed by atoms with E-state index >= 15 is 0 Å². The molecule has 3 aromatic rings. The van der Waals surface area contributed by atoms with Crippen LogP contribution in [0.4, 0.5) is 4.39 Å². The maximum absolute atomic E-state index is 14.2. The van der Waals surface area contributed by atoms with Crippen LogP contribution in [-0.4, -0.2) is 29.1 Å². The lowest BCUT2D eigenvalue weighted by Gasteiger charge is -2.18. The van der Waals surface area contributed by atoms with Crippen LogP contribution >= 0.6 is 0 Å². The highest BCUT2D eigenvalue weighted by atomic mass is 19.1. The zero-order valence-electron chi connectivity index (χ0n) is 16.5. The van der Waals surface area contributed by atoms with Crippen LogP contribution in [0, 0.1) is 17.1 Å². The van der Waals surface area contributed by atoms with Gasteiger partial charge in [0.15, 0.2) is 0 Å². The summed E-state index contributed by atoms with van der Waals surface area (Å²) in [5.41, 5.74) is 1.55. The number of nitriles is 1. The third-order valence-corrected chi connectivity index (χ3v) is 4.56. The largest absolute Gasteiger partial charge is 0.494 e. The van der Waals surface area contributed by atoms with E-state index in [-0.39, 0.29) is 11.3 Å². The van der Waals surface area contributed by atoms with Gasteiger partial charge in [0, 0.05) is 11.1 Å². The molecule has 3 rings (SSSR count). The number of pyridine rings is 1. The highest BCUT2D eigenvalue weighted by molar-refractivity contribution is 5.93. The summed E-state index contributed by atoms with van der Waals surface area (Å²) in [6.07, 6.45) is -0.495. The number of hydrogen-bond acceptors (Lipinski definition) is 5. The SMILES string of the molecule is COc1ccc(C(=O)NC(CC(=O)O)c2ccccc2F)nc1-c1ccc(C#N)cc1. The molecule has 2 aromatic carbocycles. The minimum Gasteiger partial charge on any atom is -0.494 e. The van der Waals surface area contributed by atoms with Crippen LogP contribution in [0.15, 0.2) is 60.7 Å². The summed E-state index contributed by atoms with van der Waals surface area (Å²) in [4.78, 5) is 28.4. The Morgan fingerprint density at radius 1 is 1.16 bits per heavy atom. The topological polar surface area (TPSA) is 112 Å². The molecule has 0 aliphatic rings. The van der Waals surface area contributed by atoms with E-state index in [1.165, 1.54) is 31.4 Å². The van der Waals surface area contributed by atoms with Crippen molar-refractivity contribution in [2.24, 2.45) is 0 Å². The van der Waals surface area contributed by atoms with E-state index in [1.54, 1.807) is 36.4 Å². The molecule has 0 spiro atoms. The van der Waals surface area contributed by atoms with Crippen LogP contribution in [0.25, 0.3) is 11.3 Å². The van der Waals surface area contributed by atoms with Gasteiger partial charge in [0.25, 0.3) is 5.91 Å². The minimum atomic E-state index is -1.19. The van der Waals surface area contributed by atoms with E-state index in [0.717, 1.165) is 0 Å². The van der Waals surface area contributed by atoms with Crippen molar-refractivity contribution in [1.29, 1.82) is 5.26 Å². The molecule has 0 radical (unpaired) electrons. The smallest absolute Gasteiger partial charge is 0.305 e. The Hall–Kier alpha value is -4.25. The van der Waals surface area contributed by atoms with Gasteiger partial charge in [0.1, 0.15) is 23.0 Å². The number of nitrogens with one attached hydrogen (secondary N) is 1. The molecule has 0 aliphatic carbocycles. The number of aliphatic carboxylic acids is 1. The van der Waals surface area contributed by atoms with Crippen LogP contribution in [0.5, 0.6) is 5.75 Å². The standard InChI is InChI=1S/C23H18FN3O4/c1-31-20-11-10-18(26-22(20)15-8-6-14(13-25)7-9-15)23(30)27-19(12-21(28)29)16-4-2-3-5-17(16)24/h2-11,19H,12H2,1H3,(H,27,30)(H,28,29). The average Bonchev–Trinajstić information content (AvgIpc) is 2.78. The number of methoxy groups -OCH3 is 1. The molecule has 1 atom stereocenters. The molecule has 1 heterocycles. The summed E-state index contributed by atoms with van der Waals surface area (Å²) in [6, 6.07) is 16.2. The van der Waals surface area contributed by atoms with Gasteiger partial charge in [-0.25, -0.2) is 9.37 Å². The quantitative estimate of drug-likeness (QED) is 0.604. The molecule has 0 fully saturated rings. The number of hydrogen-bond donors (Lipinski definition) is 2. The number of carbonyl (C=O) groups is 2.